The highest BCUT2D eigenvalue weighted by molar-refractivity contribution is 6.08. The van der Waals surface area contributed by atoms with Crippen molar-refractivity contribution in [3.8, 4) is 5.75 Å². The van der Waals surface area contributed by atoms with Gasteiger partial charge in [0.15, 0.2) is 0 Å². The van der Waals surface area contributed by atoms with E-state index in [2.05, 4.69) is 5.32 Å². The third kappa shape index (κ3) is 3.57. The summed E-state index contributed by atoms with van der Waals surface area (Å²) in [6, 6.07) is 8.45. The molecule has 0 radical (unpaired) electrons. The highest BCUT2D eigenvalue weighted by atomic mass is 19.1. The van der Waals surface area contributed by atoms with Gasteiger partial charge in [-0.2, -0.15) is 0 Å². The number of halogens is 2. The number of amides is 3. The van der Waals surface area contributed by atoms with Crippen molar-refractivity contribution in [2.24, 2.45) is 0 Å². The smallest absolute Gasteiger partial charge is 0.326 e. The predicted octanol–water partition coefficient (Wildman–Crippen LogP) is 2.94. The fourth-order valence-corrected chi connectivity index (χ4v) is 1.74. The Balaban J connectivity index is 2.07. The van der Waals surface area contributed by atoms with Crippen LogP contribution in [0.2, 0.25) is 0 Å². The van der Waals surface area contributed by atoms with Crippen molar-refractivity contribution in [3.63, 3.8) is 0 Å². The largest absolute Gasteiger partial charge is 0.497 e. The van der Waals surface area contributed by atoms with Gasteiger partial charge in [0.25, 0.3) is 5.91 Å². The van der Waals surface area contributed by atoms with Crippen LogP contribution in [0.4, 0.5) is 19.3 Å². The molecule has 0 saturated carbocycles. The summed E-state index contributed by atoms with van der Waals surface area (Å²) in [5.41, 5.74) is -0.457. The number of urea groups is 1. The van der Waals surface area contributed by atoms with E-state index in [1.807, 2.05) is 5.32 Å². The minimum atomic E-state index is -1.17. The van der Waals surface area contributed by atoms with Crippen molar-refractivity contribution in [2.45, 2.75) is 0 Å². The first kappa shape index (κ1) is 15.4. The Bertz CT molecular complexity index is 699. The molecule has 22 heavy (non-hydrogen) atoms. The Morgan fingerprint density at radius 2 is 1.68 bits per heavy atom. The highest BCUT2D eigenvalue weighted by Crippen LogP contribution is 2.16. The van der Waals surface area contributed by atoms with Gasteiger partial charge in [0.1, 0.15) is 22.9 Å². The SMILES string of the molecule is COc1cccc(NC(=O)NC(=O)c2c(F)cccc2F)c1. The predicted molar refractivity (Wildman–Crippen MR) is 75.8 cm³/mol. The number of imide groups is 1. The van der Waals surface area contributed by atoms with Crippen molar-refractivity contribution in [3.05, 3.63) is 59.7 Å². The maximum absolute atomic E-state index is 13.4. The van der Waals surface area contributed by atoms with Crippen LogP contribution in [0.15, 0.2) is 42.5 Å². The molecule has 0 bridgehead atoms. The second-order valence-electron chi connectivity index (χ2n) is 4.24. The molecule has 0 aromatic heterocycles. The monoisotopic (exact) mass is 306 g/mol. The third-order valence-electron chi connectivity index (χ3n) is 2.74. The number of hydrogen-bond acceptors (Lipinski definition) is 3. The molecule has 0 aliphatic rings. The number of methoxy groups -OCH3 is 1. The average molecular weight is 306 g/mol. The van der Waals surface area contributed by atoms with E-state index in [-0.39, 0.29) is 0 Å². The van der Waals surface area contributed by atoms with E-state index >= 15 is 0 Å². The molecule has 0 fully saturated rings. The summed E-state index contributed by atoms with van der Waals surface area (Å²) < 4.78 is 31.8. The summed E-state index contributed by atoms with van der Waals surface area (Å²) in [5.74, 6) is -2.77. The van der Waals surface area contributed by atoms with E-state index < -0.39 is 29.1 Å². The van der Waals surface area contributed by atoms with Crippen LogP contribution in [0.25, 0.3) is 0 Å². The van der Waals surface area contributed by atoms with Crippen LogP contribution in [0.3, 0.4) is 0 Å². The lowest BCUT2D eigenvalue weighted by Crippen LogP contribution is -2.35. The number of carbonyl (C=O) groups is 2. The minimum Gasteiger partial charge on any atom is -0.497 e. The van der Waals surface area contributed by atoms with E-state index in [4.69, 9.17) is 4.74 Å². The van der Waals surface area contributed by atoms with Crippen LogP contribution in [0.1, 0.15) is 10.4 Å². The fourth-order valence-electron chi connectivity index (χ4n) is 1.74. The van der Waals surface area contributed by atoms with Gasteiger partial charge in [-0.3, -0.25) is 10.1 Å². The van der Waals surface area contributed by atoms with E-state index in [1.165, 1.54) is 13.2 Å². The summed E-state index contributed by atoms with van der Waals surface area (Å²) in [7, 11) is 1.46. The number of nitrogens with one attached hydrogen (secondary N) is 2. The summed E-state index contributed by atoms with van der Waals surface area (Å²) in [5, 5.41) is 4.21. The molecule has 0 unspecified atom stereocenters. The zero-order chi connectivity index (χ0) is 16.1. The number of ether oxygens (including phenoxy) is 1. The van der Waals surface area contributed by atoms with Crippen LogP contribution in [0, 0.1) is 11.6 Å². The first-order valence-electron chi connectivity index (χ1n) is 6.21. The molecule has 5 nitrogen and oxygen atoms in total. The number of rotatable bonds is 3. The lowest BCUT2D eigenvalue weighted by atomic mass is 10.2. The minimum absolute atomic E-state index is 0.360. The molecule has 0 saturated heterocycles. The molecular formula is C15H12F2N2O3. The maximum Gasteiger partial charge on any atom is 0.326 e. The molecule has 0 spiro atoms. The van der Waals surface area contributed by atoms with Gasteiger partial charge < -0.3 is 10.1 Å². The van der Waals surface area contributed by atoms with Crippen LogP contribution in [-0.4, -0.2) is 19.0 Å². The lowest BCUT2D eigenvalue weighted by molar-refractivity contribution is 0.0959. The van der Waals surface area contributed by atoms with Gasteiger partial charge in [-0.25, -0.2) is 13.6 Å². The Morgan fingerprint density at radius 1 is 1.05 bits per heavy atom. The summed E-state index contributed by atoms with van der Waals surface area (Å²) in [6.07, 6.45) is 0. The number of benzene rings is 2. The molecule has 2 N–H and O–H groups in total. The van der Waals surface area contributed by atoms with E-state index in [0.717, 1.165) is 18.2 Å². The van der Waals surface area contributed by atoms with Gasteiger partial charge in [0.2, 0.25) is 0 Å². The Kier molecular flexibility index (Phi) is 4.67. The van der Waals surface area contributed by atoms with Crippen LogP contribution in [-0.2, 0) is 0 Å². The molecule has 7 heteroatoms. The first-order chi connectivity index (χ1) is 10.5. The Labute approximate surface area is 124 Å². The van der Waals surface area contributed by atoms with Crippen molar-refractivity contribution in [1.29, 1.82) is 0 Å². The molecule has 114 valence electrons. The Hall–Kier alpha value is -2.96. The fraction of sp³-hybridized carbons (Fsp3) is 0.0667. The van der Waals surface area contributed by atoms with Crippen molar-refractivity contribution in [1.82, 2.24) is 5.32 Å². The molecule has 0 heterocycles. The van der Waals surface area contributed by atoms with Gasteiger partial charge in [-0.15, -0.1) is 0 Å². The second kappa shape index (κ2) is 6.66. The topological polar surface area (TPSA) is 67.4 Å². The molecule has 0 atom stereocenters. The molecular weight excluding hydrogens is 294 g/mol. The lowest BCUT2D eigenvalue weighted by Gasteiger charge is -2.08. The van der Waals surface area contributed by atoms with Gasteiger partial charge in [-0.1, -0.05) is 12.1 Å². The molecule has 2 rings (SSSR count). The zero-order valence-corrected chi connectivity index (χ0v) is 11.5. The normalized spacial score (nSPS) is 9.95. The van der Waals surface area contributed by atoms with Crippen LogP contribution in [0.5, 0.6) is 5.75 Å². The molecule has 0 aliphatic heterocycles. The summed E-state index contributed by atoms with van der Waals surface area (Å²) in [6.45, 7) is 0. The molecule has 2 aromatic rings. The van der Waals surface area contributed by atoms with E-state index in [9.17, 15) is 18.4 Å². The van der Waals surface area contributed by atoms with Crippen LogP contribution < -0.4 is 15.4 Å². The number of hydrogen-bond donors (Lipinski definition) is 2. The average Bonchev–Trinajstić information content (AvgIpc) is 2.47. The zero-order valence-electron chi connectivity index (χ0n) is 11.5. The van der Waals surface area contributed by atoms with Crippen molar-refractivity contribution < 1.29 is 23.1 Å². The van der Waals surface area contributed by atoms with Crippen molar-refractivity contribution >= 4 is 17.6 Å². The van der Waals surface area contributed by atoms with Gasteiger partial charge in [0, 0.05) is 11.8 Å². The highest BCUT2D eigenvalue weighted by Gasteiger charge is 2.19. The van der Waals surface area contributed by atoms with E-state index in [1.54, 1.807) is 18.2 Å². The van der Waals surface area contributed by atoms with Crippen LogP contribution >= 0.6 is 0 Å². The molecule has 3 amide bonds. The molecule has 2 aromatic carbocycles. The van der Waals surface area contributed by atoms with Gasteiger partial charge in [0.05, 0.1) is 7.11 Å². The number of anilines is 1. The Morgan fingerprint density at radius 3 is 2.32 bits per heavy atom. The standard InChI is InChI=1S/C15H12F2N2O3/c1-22-10-5-2-4-9(8-10)18-15(21)19-14(20)13-11(16)6-3-7-12(13)17/h2-8H,1H3,(H2,18,19,20,21). The molecule has 0 aliphatic carbocycles. The summed E-state index contributed by atoms with van der Waals surface area (Å²) >= 11 is 0. The van der Waals surface area contributed by atoms with Crippen molar-refractivity contribution in [2.75, 3.05) is 12.4 Å². The number of carbonyl (C=O) groups excluding carboxylic acids is 2. The first-order valence-corrected chi connectivity index (χ1v) is 6.21. The third-order valence-corrected chi connectivity index (χ3v) is 2.74. The second-order valence-corrected chi connectivity index (χ2v) is 4.24. The maximum atomic E-state index is 13.4. The van der Waals surface area contributed by atoms with Gasteiger partial charge in [-0.05, 0) is 24.3 Å². The van der Waals surface area contributed by atoms with Gasteiger partial charge >= 0.3 is 6.03 Å². The summed E-state index contributed by atoms with van der Waals surface area (Å²) in [4.78, 5) is 23.4. The van der Waals surface area contributed by atoms with E-state index in [0.29, 0.717) is 11.4 Å². The quantitative estimate of drug-likeness (QED) is 0.916.